The summed E-state index contributed by atoms with van der Waals surface area (Å²) >= 11 is 0. The molecule has 1 amide bonds. The summed E-state index contributed by atoms with van der Waals surface area (Å²) in [6, 6.07) is 10.1. The molecule has 5 heteroatoms. The van der Waals surface area contributed by atoms with Crippen molar-refractivity contribution in [1.82, 2.24) is 15.1 Å². The summed E-state index contributed by atoms with van der Waals surface area (Å²) in [5.74, 6) is 0.252. The van der Waals surface area contributed by atoms with Gasteiger partial charge in [-0.3, -0.25) is 9.69 Å². The van der Waals surface area contributed by atoms with Crippen molar-refractivity contribution in [3.63, 3.8) is 0 Å². The van der Waals surface area contributed by atoms with Crippen molar-refractivity contribution in [1.29, 1.82) is 0 Å². The number of rotatable bonds is 4. The van der Waals surface area contributed by atoms with Gasteiger partial charge < -0.3 is 10.2 Å². The highest BCUT2D eigenvalue weighted by atomic mass is 35.5. The largest absolute Gasteiger partial charge is 0.339 e. The van der Waals surface area contributed by atoms with E-state index in [4.69, 9.17) is 0 Å². The van der Waals surface area contributed by atoms with Crippen LogP contribution < -0.4 is 5.32 Å². The molecule has 0 aromatic heterocycles. The standard InChI is InChI=1S/C20H31N3O.ClH/c1-19(2,17-7-5-4-6-8-17)18(24)23-13-11-22(12-14-23)16-20(3)9-10-21-15-20;/h4-8,21H,9-16H2,1-3H3;1H. The van der Waals surface area contributed by atoms with Crippen LogP contribution in [0, 0.1) is 5.41 Å². The number of carbonyl (C=O) groups is 1. The molecule has 140 valence electrons. The second kappa shape index (κ2) is 8.07. The van der Waals surface area contributed by atoms with Crippen LogP contribution in [0.5, 0.6) is 0 Å². The molecule has 2 heterocycles. The first-order valence-electron chi connectivity index (χ1n) is 9.19. The Balaban J connectivity index is 0.00000225. The monoisotopic (exact) mass is 365 g/mol. The Labute approximate surface area is 158 Å². The molecular weight excluding hydrogens is 334 g/mol. The van der Waals surface area contributed by atoms with Crippen molar-refractivity contribution in [3.05, 3.63) is 35.9 Å². The topological polar surface area (TPSA) is 35.6 Å². The molecule has 1 aromatic rings. The first kappa shape index (κ1) is 20.2. The lowest BCUT2D eigenvalue weighted by molar-refractivity contribution is -0.138. The first-order valence-corrected chi connectivity index (χ1v) is 9.19. The average molecular weight is 366 g/mol. The number of carbonyl (C=O) groups excluding carboxylic acids is 1. The average Bonchev–Trinajstić information content (AvgIpc) is 3.02. The SMILES string of the molecule is CC1(CN2CCN(C(=O)C(C)(C)c3ccccc3)CC2)CCNC1.Cl. The van der Waals surface area contributed by atoms with Crippen molar-refractivity contribution in [3.8, 4) is 0 Å². The number of hydrogen-bond donors (Lipinski definition) is 1. The van der Waals surface area contributed by atoms with Gasteiger partial charge in [-0.2, -0.15) is 0 Å². The zero-order valence-electron chi connectivity index (χ0n) is 15.8. The van der Waals surface area contributed by atoms with Crippen molar-refractivity contribution < 1.29 is 4.79 Å². The number of nitrogens with zero attached hydrogens (tertiary/aromatic N) is 2. The van der Waals surface area contributed by atoms with Gasteiger partial charge >= 0.3 is 0 Å². The number of piperazine rings is 1. The minimum absolute atomic E-state index is 0. The molecule has 1 N–H and O–H groups in total. The fraction of sp³-hybridized carbons (Fsp3) is 0.650. The number of hydrogen-bond acceptors (Lipinski definition) is 3. The van der Waals surface area contributed by atoms with Crippen LogP contribution in [0.4, 0.5) is 0 Å². The maximum atomic E-state index is 13.0. The molecule has 3 rings (SSSR count). The Hall–Kier alpha value is -1.10. The normalized spacial score (nSPS) is 24.8. The van der Waals surface area contributed by atoms with Crippen LogP contribution in [0.25, 0.3) is 0 Å². The van der Waals surface area contributed by atoms with Crippen molar-refractivity contribution in [2.75, 3.05) is 45.8 Å². The van der Waals surface area contributed by atoms with E-state index in [1.807, 2.05) is 32.0 Å². The van der Waals surface area contributed by atoms with Crippen molar-refractivity contribution in [2.45, 2.75) is 32.6 Å². The summed E-state index contributed by atoms with van der Waals surface area (Å²) in [7, 11) is 0. The lowest BCUT2D eigenvalue weighted by Crippen LogP contribution is -2.54. The number of amides is 1. The molecule has 2 saturated heterocycles. The lowest BCUT2D eigenvalue weighted by atomic mass is 9.83. The van der Waals surface area contributed by atoms with Crippen LogP contribution in [0.15, 0.2) is 30.3 Å². The molecule has 2 fully saturated rings. The van der Waals surface area contributed by atoms with E-state index in [9.17, 15) is 4.79 Å². The van der Waals surface area contributed by atoms with Crippen LogP contribution in [-0.4, -0.2) is 61.5 Å². The Morgan fingerprint density at radius 3 is 2.36 bits per heavy atom. The van der Waals surface area contributed by atoms with E-state index in [2.05, 4.69) is 34.2 Å². The van der Waals surface area contributed by atoms with Crippen LogP contribution >= 0.6 is 12.4 Å². The second-order valence-electron chi connectivity index (χ2n) is 8.30. The third-order valence-electron chi connectivity index (χ3n) is 5.75. The number of halogens is 1. The smallest absolute Gasteiger partial charge is 0.232 e. The highest BCUT2D eigenvalue weighted by Crippen LogP contribution is 2.28. The van der Waals surface area contributed by atoms with E-state index in [1.54, 1.807) is 0 Å². The summed E-state index contributed by atoms with van der Waals surface area (Å²) in [5, 5.41) is 3.48. The molecule has 0 spiro atoms. The fourth-order valence-electron chi connectivity index (χ4n) is 4.03. The van der Waals surface area contributed by atoms with Crippen LogP contribution in [0.3, 0.4) is 0 Å². The summed E-state index contributed by atoms with van der Waals surface area (Å²) in [6.45, 7) is 13.5. The number of nitrogens with one attached hydrogen (secondary N) is 1. The van der Waals surface area contributed by atoms with Gasteiger partial charge in [0.1, 0.15) is 0 Å². The molecule has 0 saturated carbocycles. The summed E-state index contributed by atoms with van der Waals surface area (Å²) in [5.41, 5.74) is 1.04. The first-order chi connectivity index (χ1) is 11.4. The minimum Gasteiger partial charge on any atom is -0.339 e. The molecule has 2 aliphatic rings. The van der Waals surface area contributed by atoms with E-state index >= 15 is 0 Å². The third kappa shape index (κ3) is 4.55. The predicted octanol–water partition coefficient (Wildman–Crippen LogP) is 2.53. The third-order valence-corrected chi connectivity index (χ3v) is 5.75. The van der Waals surface area contributed by atoms with E-state index in [0.29, 0.717) is 5.41 Å². The zero-order valence-corrected chi connectivity index (χ0v) is 16.6. The minimum atomic E-state index is -0.454. The Morgan fingerprint density at radius 1 is 1.16 bits per heavy atom. The van der Waals surface area contributed by atoms with Gasteiger partial charge in [-0.15, -0.1) is 12.4 Å². The molecule has 0 bridgehead atoms. The van der Waals surface area contributed by atoms with Crippen molar-refractivity contribution >= 4 is 18.3 Å². The zero-order chi connectivity index (χ0) is 17.2. The predicted molar refractivity (Wildman–Crippen MR) is 105 cm³/mol. The van der Waals surface area contributed by atoms with Crippen LogP contribution in [0.1, 0.15) is 32.8 Å². The Bertz CT molecular complexity index is 562. The summed E-state index contributed by atoms with van der Waals surface area (Å²) < 4.78 is 0. The molecule has 1 aromatic carbocycles. The Kier molecular flexibility index (Phi) is 6.52. The van der Waals surface area contributed by atoms with Gasteiger partial charge in [-0.05, 0) is 37.8 Å². The van der Waals surface area contributed by atoms with E-state index in [-0.39, 0.29) is 18.3 Å². The number of benzene rings is 1. The molecule has 1 unspecified atom stereocenters. The molecule has 1 atom stereocenters. The maximum absolute atomic E-state index is 13.0. The highest BCUT2D eigenvalue weighted by molar-refractivity contribution is 5.87. The quantitative estimate of drug-likeness (QED) is 0.890. The van der Waals surface area contributed by atoms with Crippen molar-refractivity contribution in [2.24, 2.45) is 5.41 Å². The second-order valence-corrected chi connectivity index (χ2v) is 8.30. The molecular formula is C20H32ClN3O. The summed E-state index contributed by atoms with van der Waals surface area (Å²) in [4.78, 5) is 17.6. The van der Waals surface area contributed by atoms with Gasteiger partial charge in [0.15, 0.2) is 0 Å². The lowest BCUT2D eigenvalue weighted by Gasteiger charge is -2.41. The maximum Gasteiger partial charge on any atom is 0.232 e. The van der Waals surface area contributed by atoms with E-state index in [1.165, 1.54) is 6.42 Å². The summed E-state index contributed by atoms with van der Waals surface area (Å²) in [6.07, 6.45) is 1.26. The molecule has 2 aliphatic heterocycles. The molecule has 0 aliphatic carbocycles. The van der Waals surface area contributed by atoms with Crippen LogP contribution in [0.2, 0.25) is 0 Å². The fourth-order valence-corrected chi connectivity index (χ4v) is 4.03. The van der Waals surface area contributed by atoms with Gasteiger partial charge in [0.05, 0.1) is 5.41 Å². The van der Waals surface area contributed by atoms with Gasteiger partial charge in [0.25, 0.3) is 0 Å². The van der Waals surface area contributed by atoms with Gasteiger partial charge in [0.2, 0.25) is 5.91 Å². The molecule has 4 nitrogen and oxygen atoms in total. The molecule has 0 radical (unpaired) electrons. The van der Waals surface area contributed by atoms with Gasteiger partial charge in [-0.25, -0.2) is 0 Å². The Morgan fingerprint density at radius 2 is 1.80 bits per heavy atom. The van der Waals surface area contributed by atoms with E-state index in [0.717, 1.165) is 51.4 Å². The molecule has 25 heavy (non-hydrogen) atoms. The van der Waals surface area contributed by atoms with E-state index < -0.39 is 5.41 Å². The highest BCUT2D eigenvalue weighted by Gasteiger charge is 2.36. The van der Waals surface area contributed by atoms with Gasteiger partial charge in [0, 0.05) is 39.3 Å². The van der Waals surface area contributed by atoms with Gasteiger partial charge in [-0.1, -0.05) is 37.3 Å². The van der Waals surface area contributed by atoms with Crippen LogP contribution in [-0.2, 0) is 10.2 Å².